The van der Waals surface area contributed by atoms with Gasteiger partial charge in [0.15, 0.2) is 9.84 Å². The van der Waals surface area contributed by atoms with Gasteiger partial charge in [0, 0.05) is 12.6 Å². The predicted octanol–water partition coefficient (Wildman–Crippen LogP) is 2.98. The fourth-order valence-electron chi connectivity index (χ4n) is 3.35. The van der Waals surface area contributed by atoms with E-state index in [9.17, 15) is 8.42 Å². The van der Waals surface area contributed by atoms with Crippen LogP contribution in [0.2, 0.25) is 0 Å². The van der Waals surface area contributed by atoms with E-state index in [0.29, 0.717) is 30.6 Å². The van der Waals surface area contributed by atoms with E-state index in [0.717, 1.165) is 12.1 Å². The summed E-state index contributed by atoms with van der Waals surface area (Å²) in [6.45, 7) is 5.38. The van der Waals surface area contributed by atoms with E-state index in [1.807, 2.05) is 24.3 Å². The highest BCUT2D eigenvalue weighted by molar-refractivity contribution is 7.91. The van der Waals surface area contributed by atoms with Crippen molar-refractivity contribution in [1.29, 1.82) is 0 Å². The van der Waals surface area contributed by atoms with Gasteiger partial charge in [0.25, 0.3) is 10.7 Å². The van der Waals surface area contributed by atoms with E-state index in [2.05, 4.69) is 23.8 Å². The third-order valence-corrected chi connectivity index (χ3v) is 6.63. The lowest BCUT2D eigenvalue weighted by atomic mass is 10.1. The first-order valence-corrected chi connectivity index (χ1v) is 11.2. The molecule has 27 heavy (non-hydrogen) atoms. The number of aromatic nitrogens is 2. The maximum absolute atomic E-state index is 11.9. The van der Waals surface area contributed by atoms with Crippen molar-refractivity contribution in [3.63, 3.8) is 0 Å². The van der Waals surface area contributed by atoms with E-state index >= 15 is 0 Å². The van der Waals surface area contributed by atoms with Crippen molar-refractivity contribution >= 4 is 22.1 Å². The zero-order valence-electron chi connectivity index (χ0n) is 15.8. The minimum absolute atomic E-state index is 0.0225. The molecule has 9 heteroatoms. The molecule has 0 radical (unpaired) electrons. The summed E-state index contributed by atoms with van der Waals surface area (Å²) in [5.41, 5.74) is 0.726. The Morgan fingerprint density at radius 3 is 2.78 bits per heavy atom. The van der Waals surface area contributed by atoms with Gasteiger partial charge in [0.05, 0.1) is 30.8 Å². The number of ether oxygens (including phenoxy) is 1. The Hall–Kier alpha value is -1.71. The number of hydrogen-bond acceptors (Lipinski definition) is 7. The molecule has 3 rings (SSSR count). The molecule has 2 aromatic rings. The number of para-hydroxylation sites is 1. The first-order chi connectivity index (χ1) is 12.8. The first-order valence-electron chi connectivity index (χ1n) is 8.95. The average molecular weight is 412 g/mol. The number of benzene rings is 1. The van der Waals surface area contributed by atoms with Crippen LogP contribution >= 0.6 is 12.2 Å². The summed E-state index contributed by atoms with van der Waals surface area (Å²) in [6, 6.07) is 7.43. The minimum atomic E-state index is -2.96. The van der Waals surface area contributed by atoms with Gasteiger partial charge in [-0.3, -0.25) is 4.90 Å². The maximum atomic E-state index is 11.9. The van der Waals surface area contributed by atoms with Gasteiger partial charge in [-0.2, -0.15) is 0 Å². The molecule has 0 amide bonds. The van der Waals surface area contributed by atoms with Gasteiger partial charge in [0.1, 0.15) is 5.75 Å². The van der Waals surface area contributed by atoms with Crippen LogP contribution in [-0.2, 0) is 16.5 Å². The van der Waals surface area contributed by atoms with Crippen molar-refractivity contribution in [2.24, 2.45) is 5.92 Å². The zero-order valence-corrected chi connectivity index (χ0v) is 17.4. The standard InChI is InChI=1S/C18H25N3O4S2/c1-13(2)10-20(14-8-9-27(22,23)11-14)12-21-18(26)25-17(19-21)15-6-4-5-7-16(15)24-3/h4-7,13-14H,8-12H2,1-3H3/t14-/m0/s1. The molecule has 0 unspecified atom stereocenters. The largest absolute Gasteiger partial charge is 0.496 e. The summed E-state index contributed by atoms with van der Waals surface area (Å²) in [5, 5.41) is 4.52. The summed E-state index contributed by atoms with van der Waals surface area (Å²) >= 11 is 5.35. The molecule has 148 valence electrons. The molecule has 1 aliphatic rings. The van der Waals surface area contributed by atoms with Crippen LogP contribution in [-0.4, -0.2) is 54.3 Å². The second-order valence-corrected chi connectivity index (χ2v) is 9.81. The van der Waals surface area contributed by atoms with Crippen molar-refractivity contribution in [1.82, 2.24) is 14.7 Å². The van der Waals surface area contributed by atoms with Crippen molar-refractivity contribution in [3.8, 4) is 17.2 Å². The second-order valence-electron chi connectivity index (χ2n) is 7.24. The van der Waals surface area contributed by atoms with Gasteiger partial charge >= 0.3 is 0 Å². The minimum Gasteiger partial charge on any atom is -0.496 e. The van der Waals surface area contributed by atoms with Crippen LogP contribution in [0.1, 0.15) is 20.3 Å². The summed E-state index contributed by atoms with van der Waals surface area (Å²) in [7, 11) is -1.37. The molecule has 2 heterocycles. The van der Waals surface area contributed by atoms with Crippen LogP contribution in [0.15, 0.2) is 28.7 Å². The molecule has 1 saturated heterocycles. The van der Waals surface area contributed by atoms with E-state index in [1.165, 1.54) is 0 Å². The maximum Gasteiger partial charge on any atom is 0.288 e. The van der Waals surface area contributed by atoms with Gasteiger partial charge in [-0.25, -0.2) is 13.1 Å². The molecule has 0 spiro atoms. The molecule has 1 atom stereocenters. The lowest BCUT2D eigenvalue weighted by Gasteiger charge is -2.29. The smallest absolute Gasteiger partial charge is 0.288 e. The van der Waals surface area contributed by atoms with Gasteiger partial charge in [-0.15, -0.1) is 5.10 Å². The zero-order chi connectivity index (χ0) is 19.6. The molecular weight excluding hydrogens is 386 g/mol. The van der Waals surface area contributed by atoms with E-state index in [1.54, 1.807) is 11.8 Å². The average Bonchev–Trinajstić information content (AvgIpc) is 3.16. The summed E-state index contributed by atoms with van der Waals surface area (Å²) in [4.78, 5) is 2.39. The van der Waals surface area contributed by atoms with Crippen LogP contribution < -0.4 is 4.74 Å². The first kappa shape index (κ1) is 20.0. The molecule has 1 fully saturated rings. The number of sulfone groups is 1. The van der Waals surface area contributed by atoms with Gasteiger partial charge in [-0.1, -0.05) is 26.0 Å². The third-order valence-electron chi connectivity index (χ3n) is 4.58. The van der Waals surface area contributed by atoms with Gasteiger partial charge in [0.2, 0.25) is 0 Å². The van der Waals surface area contributed by atoms with Gasteiger partial charge in [-0.05, 0) is 36.7 Å². The van der Waals surface area contributed by atoms with Crippen molar-refractivity contribution in [2.45, 2.75) is 33.0 Å². The summed E-state index contributed by atoms with van der Waals surface area (Å²) in [5.74, 6) is 1.86. The highest BCUT2D eigenvalue weighted by Crippen LogP contribution is 2.28. The molecule has 1 aromatic heterocycles. The molecule has 1 aliphatic heterocycles. The van der Waals surface area contributed by atoms with Crippen molar-refractivity contribution < 1.29 is 17.6 Å². The fraction of sp³-hybridized carbons (Fsp3) is 0.556. The van der Waals surface area contributed by atoms with Crippen molar-refractivity contribution in [3.05, 3.63) is 29.1 Å². The molecule has 0 aliphatic carbocycles. The van der Waals surface area contributed by atoms with Crippen molar-refractivity contribution in [2.75, 3.05) is 25.2 Å². The highest BCUT2D eigenvalue weighted by Gasteiger charge is 2.33. The number of methoxy groups -OCH3 is 1. The normalized spacial score (nSPS) is 19.1. The number of hydrogen-bond donors (Lipinski definition) is 0. The predicted molar refractivity (Wildman–Crippen MR) is 106 cm³/mol. The molecule has 7 nitrogen and oxygen atoms in total. The van der Waals surface area contributed by atoms with Crippen LogP contribution in [0.3, 0.4) is 0 Å². The van der Waals surface area contributed by atoms with Crippen LogP contribution in [0.4, 0.5) is 0 Å². The molecular formula is C18H25N3O4S2. The molecule has 0 N–H and O–H groups in total. The highest BCUT2D eigenvalue weighted by atomic mass is 32.2. The SMILES string of the molecule is COc1ccccc1-c1nn(CN(CC(C)C)[C@H]2CCS(=O)(=O)C2)c(=S)o1. The Morgan fingerprint density at radius 1 is 1.41 bits per heavy atom. The van der Waals surface area contributed by atoms with E-state index in [-0.39, 0.29) is 22.4 Å². The summed E-state index contributed by atoms with van der Waals surface area (Å²) < 4.78 is 36.5. The summed E-state index contributed by atoms with van der Waals surface area (Å²) in [6.07, 6.45) is 0.638. The van der Waals surface area contributed by atoms with E-state index in [4.69, 9.17) is 21.4 Å². The second kappa shape index (κ2) is 8.12. The Balaban J connectivity index is 1.87. The molecule has 1 aromatic carbocycles. The third kappa shape index (κ3) is 4.77. The Morgan fingerprint density at radius 2 is 2.15 bits per heavy atom. The van der Waals surface area contributed by atoms with Crippen LogP contribution in [0.5, 0.6) is 5.75 Å². The quantitative estimate of drug-likeness (QED) is 0.648. The Kier molecular flexibility index (Phi) is 6.02. The van der Waals surface area contributed by atoms with Crippen LogP contribution in [0.25, 0.3) is 11.5 Å². The molecule has 0 bridgehead atoms. The monoisotopic (exact) mass is 411 g/mol. The van der Waals surface area contributed by atoms with E-state index < -0.39 is 9.84 Å². The Labute approximate surface area is 164 Å². The lowest BCUT2D eigenvalue weighted by Crippen LogP contribution is -2.40. The Bertz CT molecular complexity index is 950. The topological polar surface area (TPSA) is 77.6 Å². The lowest BCUT2D eigenvalue weighted by molar-refractivity contribution is 0.136. The van der Waals surface area contributed by atoms with Gasteiger partial charge < -0.3 is 9.15 Å². The number of rotatable bonds is 7. The number of nitrogens with zero attached hydrogens (tertiary/aromatic N) is 3. The fourth-order valence-corrected chi connectivity index (χ4v) is 5.29. The molecule has 0 saturated carbocycles. The van der Waals surface area contributed by atoms with Crippen LogP contribution in [0, 0.1) is 10.8 Å².